The van der Waals surface area contributed by atoms with Gasteiger partial charge in [-0.05, 0) is 70.2 Å². The van der Waals surface area contributed by atoms with E-state index in [4.69, 9.17) is 4.42 Å². The van der Waals surface area contributed by atoms with Crippen molar-refractivity contribution < 1.29 is 4.42 Å². The average Bonchev–Trinajstić information content (AvgIpc) is 3.02. The first kappa shape index (κ1) is 15.1. The van der Waals surface area contributed by atoms with E-state index in [1.807, 2.05) is 0 Å². The van der Waals surface area contributed by atoms with E-state index in [2.05, 4.69) is 43.1 Å². The van der Waals surface area contributed by atoms with Crippen LogP contribution in [0.5, 0.6) is 0 Å². The number of nitrogens with one attached hydrogen (secondary N) is 1. The highest BCUT2D eigenvalue weighted by Crippen LogP contribution is 2.47. The Morgan fingerprint density at radius 2 is 2.00 bits per heavy atom. The van der Waals surface area contributed by atoms with E-state index in [1.165, 1.54) is 44.7 Å². The average molecular weight is 290 g/mol. The minimum atomic E-state index is 0.577. The highest BCUT2D eigenvalue weighted by molar-refractivity contribution is 5.17. The molecule has 1 aliphatic carbocycles. The molecule has 1 aromatic heterocycles. The van der Waals surface area contributed by atoms with Crippen LogP contribution in [-0.4, -0.2) is 30.6 Å². The molecule has 0 radical (unpaired) electrons. The molecule has 2 fully saturated rings. The Bertz CT molecular complexity index is 448. The highest BCUT2D eigenvalue weighted by Gasteiger charge is 2.36. The summed E-state index contributed by atoms with van der Waals surface area (Å²) in [6, 6.07) is 4.97. The third-order valence-electron chi connectivity index (χ3n) is 5.20. The van der Waals surface area contributed by atoms with E-state index < -0.39 is 0 Å². The number of furan rings is 1. The van der Waals surface area contributed by atoms with E-state index in [9.17, 15) is 0 Å². The quantitative estimate of drug-likeness (QED) is 0.867. The lowest BCUT2D eigenvalue weighted by Gasteiger charge is -2.32. The lowest BCUT2D eigenvalue weighted by molar-refractivity contribution is 0.150. The molecule has 118 valence electrons. The molecular weight excluding hydrogens is 260 g/mol. The van der Waals surface area contributed by atoms with Crippen LogP contribution < -0.4 is 5.32 Å². The molecule has 0 spiro atoms. The summed E-state index contributed by atoms with van der Waals surface area (Å²) in [6.45, 7) is 11.4. The zero-order valence-corrected chi connectivity index (χ0v) is 13.8. The molecular formula is C18H30N2O. The molecule has 2 heterocycles. The summed E-state index contributed by atoms with van der Waals surface area (Å²) in [5, 5.41) is 3.46. The fourth-order valence-corrected chi connectivity index (χ4v) is 3.45. The van der Waals surface area contributed by atoms with Crippen molar-refractivity contribution >= 4 is 0 Å². The zero-order chi connectivity index (χ0) is 14.8. The molecule has 0 amide bonds. The predicted octanol–water partition coefficient (Wildman–Crippen LogP) is 3.61. The summed E-state index contributed by atoms with van der Waals surface area (Å²) in [4.78, 5) is 2.58. The topological polar surface area (TPSA) is 28.4 Å². The Labute approximate surface area is 129 Å². The van der Waals surface area contributed by atoms with E-state index in [0.717, 1.165) is 24.1 Å². The molecule has 2 atom stereocenters. The minimum absolute atomic E-state index is 0.577. The van der Waals surface area contributed by atoms with Crippen LogP contribution in [0, 0.1) is 11.8 Å². The Hall–Kier alpha value is -0.800. The number of nitrogens with zero attached hydrogens (tertiary/aromatic N) is 1. The van der Waals surface area contributed by atoms with Gasteiger partial charge in [0.05, 0.1) is 6.54 Å². The molecule has 1 aromatic rings. The van der Waals surface area contributed by atoms with Gasteiger partial charge in [0, 0.05) is 18.5 Å². The molecule has 0 aromatic carbocycles. The van der Waals surface area contributed by atoms with Crippen molar-refractivity contribution in [3.63, 3.8) is 0 Å². The van der Waals surface area contributed by atoms with Crippen LogP contribution in [0.1, 0.15) is 57.5 Å². The van der Waals surface area contributed by atoms with Crippen molar-refractivity contribution in [2.45, 2.75) is 58.5 Å². The summed E-state index contributed by atoms with van der Waals surface area (Å²) in [7, 11) is 0. The third kappa shape index (κ3) is 3.89. The van der Waals surface area contributed by atoms with Crippen molar-refractivity contribution in [1.82, 2.24) is 10.2 Å². The van der Waals surface area contributed by atoms with Gasteiger partial charge in [0.2, 0.25) is 0 Å². The van der Waals surface area contributed by atoms with Gasteiger partial charge in [-0.25, -0.2) is 0 Å². The lowest BCUT2D eigenvalue weighted by atomic mass is 9.97. The fraction of sp³-hybridized carbons (Fsp3) is 0.778. The molecule has 21 heavy (non-hydrogen) atoms. The number of hydrogen-bond donors (Lipinski definition) is 1. The molecule has 1 saturated heterocycles. The van der Waals surface area contributed by atoms with Crippen molar-refractivity contribution in [2.24, 2.45) is 11.8 Å². The van der Waals surface area contributed by atoms with E-state index in [0.29, 0.717) is 12.0 Å². The second kappa shape index (κ2) is 6.53. The molecule has 3 rings (SSSR count). The second-order valence-electron chi connectivity index (χ2n) is 7.34. The van der Waals surface area contributed by atoms with Crippen LogP contribution in [0.4, 0.5) is 0 Å². The first-order chi connectivity index (χ1) is 10.1. The van der Waals surface area contributed by atoms with Gasteiger partial charge >= 0.3 is 0 Å². The summed E-state index contributed by atoms with van der Waals surface area (Å²) >= 11 is 0. The molecule has 2 unspecified atom stereocenters. The Morgan fingerprint density at radius 1 is 1.29 bits per heavy atom. The van der Waals surface area contributed by atoms with Crippen molar-refractivity contribution in [3.8, 4) is 0 Å². The zero-order valence-electron chi connectivity index (χ0n) is 13.8. The standard InChI is InChI=1S/C18H30N2O/c1-13(2)20(11-15-6-8-19-9-7-15)12-16-4-5-18(21-16)17-10-14(17)3/h4-5,13-15,17,19H,6-12H2,1-3H3. The van der Waals surface area contributed by atoms with Gasteiger partial charge in [0.15, 0.2) is 0 Å². The maximum Gasteiger partial charge on any atom is 0.118 e. The number of rotatable bonds is 6. The number of hydrogen-bond acceptors (Lipinski definition) is 3. The Kier molecular flexibility index (Phi) is 4.70. The summed E-state index contributed by atoms with van der Waals surface area (Å²) in [5.74, 6) is 4.71. The second-order valence-corrected chi connectivity index (χ2v) is 7.34. The molecule has 1 N–H and O–H groups in total. The van der Waals surface area contributed by atoms with E-state index in [-0.39, 0.29) is 0 Å². The first-order valence-electron chi connectivity index (χ1n) is 8.67. The van der Waals surface area contributed by atoms with Gasteiger partial charge in [-0.3, -0.25) is 4.90 Å². The molecule has 2 aliphatic rings. The van der Waals surface area contributed by atoms with Crippen molar-refractivity contribution in [1.29, 1.82) is 0 Å². The maximum absolute atomic E-state index is 6.09. The van der Waals surface area contributed by atoms with Crippen molar-refractivity contribution in [2.75, 3.05) is 19.6 Å². The monoisotopic (exact) mass is 290 g/mol. The molecule has 1 saturated carbocycles. The summed E-state index contributed by atoms with van der Waals surface area (Å²) < 4.78 is 6.09. The van der Waals surface area contributed by atoms with Gasteiger partial charge in [-0.2, -0.15) is 0 Å². The normalized spacial score (nSPS) is 26.7. The van der Waals surface area contributed by atoms with Crippen molar-refractivity contribution in [3.05, 3.63) is 23.7 Å². The van der Waals surface area contributed by atoms with Gasteiger partial charge in [-0.1, -0.05) is 6.92 Å². The summed E-state index contributed by atoms with van der Waals surface area (Å²) in [6.07, 6.45) is 3.92. The molecule has 1 aliphatic heterocycles. The lowest BCUT2D eigenvalue weighted by Crippen LogP contribution is -2.39. The number of piperidine rings is 1. The van der Waals surface area contributed by atoms with Crippen LogP contribution in [-0.2, 0) is 6.54 Å². The predicted molar refractivity (Wildman–Crippen MR) is 86.4 cm³/mol. The van der Waals surface area contributed by atoms with Crippen LogP contribution in [0.2, 0.25) is 0 Å². The van der Waals surface area contributed by atoms with Gasteiger partial charge in [0.25, 0.3) is 0 Å². The van der Waals surface area contributed by atoms with Crippen LogP contribution >= 0.6 is 0 Å². The fourth-order valence-electron chi connectivity index (χ4n) is 3.45. The Morgan fingerprint density at radius 3 is 2.62 bits per heavy atom. The molecule has 3 heteroatoms. The maximum atomic E-state index is 6.09. The SMILES string of the molecule is CC1CC1c1ccc(CN(CC2CCNCC2)C(C)C)o1. The van der Waals surface area contributed by atoms with Crippen LogP contribution in [0.25, 0.3) is 0 Å². The molecule has 0 bridgehead atoms. The van der Waals surface area contributed by atoms with E-state index >= 15 is 0 Å². The first-order valence-corrected chi connectivity index (χ1v) is 8.67. The van der Waals surface area contributed by atoms with Crippen LogP contribution in [0.15, 0.2) is 16.5 Å². The van der Waals surface area contributed by atoms with E-state index in [1.54, 1.807) is 0 Å². The smallest absolute Gasteiger partial charge is 0.118 e. The summed E-state index contributed by atoms with van der Waals surface area (Å²) in [5.41, 5.74) is 0. The van der Waals surface area contributed by atoms with Gasteiger partial charge in [0.1, 0.15) is 11.5 Å². The highest BCUT2D eigenvalue weighted by atomic mass is 16.3. The molecule has 3 nitrogen and oxygen atoms in total. The van der Waals surface area contributed by atoms with Crippen LogP contribution in [0.3, 0.4) is 0 Å². The van der Waals surface area contributed by atoms with Gasteiger partial charge in [-0.15, -0.1) is 0 Å². The largest absolute Gasteiger partial charge is 0.464 e. The third-order valence-corrected chi connectivity index (χ3v) is 5.20. The minimum Gasteiger partial charge on any atom is -0.464 e. The van der Waals surface area contributed by atoms with Gasteiger partial charge < -0.3 is 9.73 Å². The Balaban J connectivity index is 1.57.